The van der Waals surface area contributed by atoms with Gasteiger partial charge in [0.15, 0.2) is 5.84 Å². The number of benzene rings is 2. The molecule has 1 fully saturated rings. The number of nitrogens with one attached hydrogen (secondary N) is 2. The standard InChI is InChI=1S/C21H23N3O3S/c25-21(23-16-7-3-1-2-4-8-16)15-11-13-17(14-12-15)22-20-18-9-5-6-10-19(18)28(26,27)24-20/h5-6,9-14,16H,1-4,7-8H2,(H,22,24)(H,23,25). The first-order chi connectivity index (χ1) is 13.5. The Morgan fingerprint density at radius 3 is 2.32 bits per heavy atom. The molecule has 0 spiro atoms. The van der Waals surface area contributed by atoms with Gasteiger partial charge in [-0.1, -0.05) is 37.8 Å². The second-order valence-electron chi connectivity index (χ2n) is 7.28. The van der Waals surface area contributed by atoms with Gasteiger partial charge in [-0.15, -0.1) is 4.40 Å². The summed E-state index contributed by atoms with van der Waals surface area (Å²) in [6, 6.07) is 14.0. The highest BCUT2D eigenvalue weighted by molar-refractivity contribution is 7.90. The minimum atomic E-state index is -3.65. The van der Waals surface area contributed by atoms with Gasteiger partial charge in [-0.3, -0.25) is 4.79 Å². The molecule has 7 heteroatoms. The molecule has 2 aliphatic rings. The summed E-state index contributed by atoms with van der Waals surface area (Å²) in [6.45, 7) is 0. The highest BCUT2D eigenvalue weighted by Crippen LogP contribution is 2.26. The Bertz CT molecular complexity index is 1010. The van der Waals surface area contributed by atoms with Gasteiger partial charge >= 0.3 is 0 Å². The molecule has 4 rings (SSSR count). The molecule has 6 nitrogen and oxygen atoms in total. The maximum atomic E-state index is 12.5. The van der Waals surface area contributed by atoms with Crippen LogP contribution >= 0.6 is 0 Å². The SMILES string of the molecule is O=C(NC1CCCCCC1)c1ccc(NC2=NS(=O)(=O)c3ccccc32)cc1. The van der Waals surface area contributed by atoms with E-state index in [2.05, 4.69) is 15.0 Å². The highest BCUT2D eigenvalue weighted by atomic mass is 32.2. The summed E-state index contributed by atoms with van der Waals surface area (Å²) in [5.41, 5.74) is 1.82. The van der Waals surface area contributed by atoms with E-state index in [1.165, 1.54) is 25.7 Å². The monoisotopic (exact) mass is 397 g/mol. The summed E-state index contributed by atoms with van der Waals surface area (Å²) < 4.78 is 28.1. The Kier molecular flexibility index (Phi) is 5.17. The van der Waals surface area contributed by atoms with Crippen molar-refractivity contribution in [2.24, 2.45) is 4.40 Å². The number of carbonyl (C=O) groups is 1. The third-order valence-corrected chi connectivity index (χ3v) is 6.57. The van der Waals surface area contributed by atoms with E-state index in [1.807, 2.05) is 0 Å². The number of hydrogen-bond donors (Lipinski definition) is 2. The molecule has 0 aromatic heterocycles. The van der Waals surface area contributed by atoms with Crippen LogP contribution in [0.5, 0.6) is 0 Å². The predicted octanol–water partition coefficient (Wildman–Crippen LogP) is 3.70. The van der Waals surface area contributed by atoms with Gasteiger partial charge in [0.2, 0.25) is 0 Å². The van der Waals surface area contributed by atoms with Crippen molar-refractivity contribution in [3.63, 3.8) is 0 Å². The van der Waals surface area contributed by atoms with E-state index in [0.29, 0.717) is 22.6 Å². The summed E-state index contributed by atoms with van der Waals surface area (Å²) in [5.74, 6) is 0.232. The van der Waals surface area contributed by atoms with Gasteiger partial charge in [-0.25, -0.2) is 0 Å². The van der Waals surface area contributed by atoms with Gasteiger partial charge < -0.3 is 10.6 Å². The van der Waals surface area contributed by atoms with Crippen LogP contribution in [-0.2, 0) is 10.0 Å². The van der Waals surface area contributed by atoms with Gasteiger partial charge in [0.05, 0.1) is 0 Å². The van der Waals surface area contributed by atoms with Crippen LogP contribution in [0.15, 0.2) is 57.8 Å². The van der Waals surface area contributed by atoms with Crippen molar-refractivity contribution in [2.75, 3.05) is 5.32 Å². The number of anilines is 1. The van der Waals surface area contributed by atoms with Crippen molar-refractivity contribution in [1.29, 1.82) is 0 Å². The maximum Gasteiger partial charge on any atom is 0.285 e. The minimum Gasteiger partial charge on any atom is -0.349 e. The fourth-order valence-corrected chi connectivity index (χ4v) is 4.91. The Labute approximate surface area is 165 Å². The van der Waals surface area contributed by atoms with Crippen molar-refractivity contribution in [2.45, 2.75) is 49.5 Å². The van der Waals surface area contributed by atoms with E-state index in [4.69, 9.17) is 0 Å². The Morgan fingerprint density at radius 2 is 1.61 bits per heavy atom. The molecular formula is C21H23N3O3S. The molecule has 1 aliphatic heterocycles. The van der Waals surface area contributed by atoms with Crippen molar-refractivity contribution in [3.05, 3.63) is 59.7 Å². The van der Waals surface area contributed by atoms with Gasteiger partial charge in [0.25, 0.3) is 15.9 Å². The van der Waals surface area contributed by atoms with Crippen molar-refractivity contribution < 1.29 is 13.2 Å². The molecule has 2 N–H and O–H groups in total. The smallest absolute Gasteiger partial charge is 0.285 e. The molecule has 1 heterocycles. The van der Waals surface area contributed by atoms with Crippen molar-refractivity contribution in [3.8, 4) is 0 Å². The number of amides is 1. The Morgan fingerprint density at radius 1 is 0.929 bits per heavy atom. The molecule has 1 aliphatic carbocycles. The summed E-state index contributed by atoms with van der Waals surface area (Å²) in [4.78, 5) is 12.7. The van der Waals surface area contributed by atoms with Crippen LogP contribution in [0.3, 0.4) is 0 Å². The molecule has 2 aromatic carbocycles. The lowest BCUT2D eigenvalue weighted by Gasteiger charge is -2.16. The van der Waals surface area contributed by atoms with Crippen LogP contribution in [-0.4, -0.2) is 26.2 Å². The zero-order valence-electron chi connectivity index (χ0n) is 15.5. The number of nitrogens with zero attached hydrogens (tertiary/aromatic N) is 1. The molecule has 2 aromatic rings. The molecule has 146 valence electrons. The number of hydrogen-bond acceptors (Lipinski definition) is 4. The Balaban J connectivity index is 1.45. The second kappa shape index (κ2) is 7.75. The lowest BCUT2D eigenvalue weighted by molar-refractivity contribution is 0.0933. The summed E-state index contributed by atoms with van der Waals surface area (Å²) >= 11 is 0. The molecule has 0 bridgehead atoms. The first-order valence-corrected chi connectivity index (χ1v) is 11.1. The largest absolute Gasteiger partial charge is 0.349 e. The van der Waals surface area contributed by atoms with E-state index >= 15 is 0 Å². The van der Waals surface area contributed by atoms with Crippen LogP contribution in [0, 0.1) is 0 Å². The maximum absolute atomic E-state index is 12.5. The Hall–Kier alpha value is -2.67. The van der Waals surface area contributed by atoms with Crippen molar-refractivity contribution >= 4 is 27.5 Å². The lowest BCUT2D eigenvalue weighted by Crippen LogP contribution is -2.34. The summed E-state index contributed by atoms with van der Waals surface area (Å²) in [7, 11) is -3.65. The number of rotatable bonds is 3. The van der Waals surface area contributed by atoms with Gasteiger partial charge in [-0.05, 0) is 49.2 Å². The molecular weight excluding hydrogens is 374 g/mol. The average Bonchev–Trinajstić information content (AvgIpc) is 2.84. The van der Waals surface area contributed by atoms with E-state index in [9.17, 15) is 13.2 Å². The quantitative estimate of drug-likeness (QED) is 0.773. The molecule has 1 saturated carbocycles. The van der Waals surface area contributed by atoms with Crippen LogP contribution < -0.4 is 10.6 Å². The van der Waals surface area contributed by atoms with E-state index in [1.54, 1.807) is 48.5 Å². The molecule has 0 radical (unpaired) electrons. The molecule has 0 unspecified atom stereocenters. The summed E-state index contributed by atoms with van der Waals surface area (Å²) in [6.07, 6.45) is 6.91. The van der Waals surface area contributed by atoms with Gasteiger partial charge in [0.1, 0.15) is 4.90 Å². The topological polar surface area (TPSA) is 87.6 Å². The van der Waals surface area contributed by atoms with E-state index < -0.39 is 10.0 Å². The zero-order valence-corrected chi connectivity index (χ0v) is 16.3. The third-order valence-electron chi connectivity index (χ3n) is 5.23. The number of amidine groups is 1. The zero-order chi connectivity index (χ0) is 19.6. The lowest BCUT2D eigenvalue weighted by atomic mass is 10.1. The fraction of sp³-hybridized carbons (Fsp3) is 0.333. The fourth-order valence-electron chi connectivity index (χ4n) is 3.73. The van der Waals surface area contributed by atoms with E-state index in [-0.39, 0.29) is 16.8 Å². The molecule has 1 amide bonds. The summed E-state index contributed by atoms with van der Waals surface area (Å²) in [5, 5.41) is 6.18. The molecule has 0 atom stereocenters. The average molecular weight is 398 g/mol. The van der Waals surface area contributed by atoms with E-state index in [0.717, 1.165) is 12.8 Å². The van der Waals surface area contributed by atoms with Crippen LogP contribution in [0.4, 0.5) is 5.69 Å². The molecule has 28 heavy (non-hydrogen) atoms. The molecule has 0 saturated heterocycles. The first-order valence-electron chi connectivity index (χ1n) is 9.65. The van der Waals surface area contributed by atoms with Crippen LogP contribution in [0.1, 0.15) is 54.4 Å². The number of sulfonamides is 1. The third kappa shape index (κ3) is 3.94. The van der Waals surface area contributed by atoms with Gasteiger partial charge in [-0.2, -0.15) is 8.42 Å². The minimum absolute atomic E-state index is 0.0652. The predicted molar refractivity (Wildman–Crippen MR) is 109 cm³/mol. The van der Waals surface area contributed by atoms with Crippen LogP contribution in [0.2, 0.25) is 0 Å². The second-order valence-corrected chi connectivity index (χ2v) is 8.85. The number of fused-ring (bicyclic) bond motifs is 1. The van der Waals surface area contributed by atoms with Gasteiger partial charge in [0, 0.05) is 22.9 Å². The first kappa shape index (κ1) is 18.7. The highest BCUT2D eigenvalue weighted by Gasteiger charge is 2.28. The van der Waals surface area contributed by atoms with Crippen molar-refractivity contribution in [1.82, 2.24) is 5.32 Å². The normalized spacial score (nSPS) is 18.6. The van der Waals surface area contributed by atoms with Crippen LogP contribution in [0.25, 0.3) is 0 Å². The number of carbonyl (C=O) groups excluding carboxylic acids is 1.